The Labute approximate surface area is 151 Å². The Bertz CT molecular complexity index is 722. The lowest BCUT2D eigenvalue weighted by Crippen LogP contribution is -2.23. The summed E-state index contributed by atoms with van der Waals surface area (Å²) in [6.07, 6.45) is 0.770. The van der Waals surface area contributed by atoms with Crippen LogP contribution in [0.4, 0.5) is 5.69 Å². The number of halogens is 1. The number of aromatic nitrogens is 1. The minimum atomic E-state index is 0.0756. The summed E-state index contributed by atoms with van der Waals surface area (Å²) >= 11 is 7.75. The molecule has 2 aromatic rings. The minimum Gasteiger partial charge on any atom is -0.495 e. The number of hydrogen-bond acceptors (Lipinski definition) is 4. The van der Waals surface area contributed by atoms with Crippen LogP contribution in [0, 0.1) is 0 Å². The van der Waals surface area contributed by atoms with Crippen LogP contribution >= 0.6 is 22.9 Å². The maximum absolute atomic E-state index is 6.08. The van der Waals surface area contributed by atoms with Crippen LogP contribution in [0.5, 0.6) is 5.75 Å². The maximum atomic E-state index is 6.08. The predicted octanol–water partition coefficient (Wildman–Crippen LogP) is 4.07. The van der Waals surface area contributed by atoms with Crippen LogP contribution < -0.4 is 15.8 Å². The van der Waals surface area contributed by atoms with E-state index >= 15 is 0 Å². The van der Waals surface area contributed by atoms with E-state index in [4.69, 9.17) is 22.1 Å². The molecule has 0 atom stereocenters. The summed E-state index contributed by atoms with van der Waals surface area (Å²) in [6.45, 7) is 7.06. The van der Waals surface area contributed by atoms with Crippen molar-refractivity contribution in [2.75, 3.05) is 19.0 Å². The van der Waals surface area contributed by atoms with Gasteiger partial charge in [-0.05, 0) is 18.2 Å². The Morgan fingerprint density at radius 1 is 1.42 bits per heavy atom. The third-order valence-corrected chi connectivity index (χ3v) is 4.56. The highest BCUT2D eigenvalue weighted by atomic mass is 35.5. The molecule has 0 aliphatic heterocycles. The van der Waals surface area contributed by atoms with E-state index in [1.807, 2.05) is 6.07 Å². The first-order valence-corrected chi connectivity index (χ1v) is 8.90. The minimum absolute atomic E-state index is 0.0756. The van der Waals surface area contributed by atoms with Crippen molar-refractivity contribution < 1.29 is 4.74 Å². The van der Waals surface area contributed by atoms with Gasteiger partial charge in [0.25, 0.3) is 0 Å². The average Bonchev–Trinajstić information content (AvgIpc) is 2.96. The summed E-state index contributed by atoms with van der Waals surface area (Å²) in [5.41, 5.74) is 7.87. The van der Waals surface area contributed by atoms with E-state index in [0.29, 0.717) is 23.3 Å². The number of methoxy groups -OCH3 is 1. The highest BCUT2D eigenvalue weighted by Gasteiger charge is 2.17. The maximum Gasteiger partial charge on any atom is 0.193 e. The van der Waals surface area contributed by atoms with Gasteiger partial charge < -0.3 is 15.8 Å². The molecule has 3 N–H and O–H groups in total. The molecule has 0 fully saturated rings. The van der Waals surface area contributed by atoms with Crippen LogP contribution in [0.3, 0.4) is 0 Å². The van der Waals surface area contributed by atoms with Crippen molar-refractivity contribution in [2.45, 2.75) is 32.6 Å². The highest BCUT2D eigenvalue weighted by molar-refractivity contribution is 7.09. The lowest BCUT2D eigenvalue weighted by molar-refractivity contribution is 0.415. The molecule has 1 aromatic heterocycles. The molecule has 7 heteroatoms. The van der Waals surface area contributed by atoms with Gasteiger partial charge in [0.1, 0.15) is 5.75 Å². The molecule has 0 saturated carbocycles. The van der Waals surface area contributed by atoms with Crippen LogP contribution in [0.2, 0.25) is 5.02 Å². The van der Waals surface area contributed by atoms with Crippen molar-refractivity contribution in [3.8, 4) is 5.75 Å². The van der Waals surface area contributed by atoms with Gasteiger partial charge in [-0.3, -0.25) is 4.99 Å². The molecule has 0 aliphatic carbocycles. The van der Waals surface area contributed by atoms with Crippen molar-refractivity contribution in [3.63, 3.8) is 0 Å². The fourth-order valence-electron chi connectivity index (χ4n) is 1.97. The second kappa shape index (κ2) is 7.85. The van der Waals surface area contributed by atoms with E-state index < -0.39 is 0 Å². The molecule has 1 aromatic carbocycles. The van der Waals surface area contributed by atoms with Crippen molar-refractivity contribution in [1.82, 2.24) is 4.98 Å². The number of anilines is 1. The fourth-order valence-corrected chi connectivity index (χ4v) is 3.25. The summed E-state index contributed by atoms with van der Waals surface area (Å²) in [5, 5.41) is 6.73. The Kier molecular flexibility index (Phi) is 6.07. The molecule has 0 bridgehead atoms. The normalized spacial score (nSPS) is 12.3. The SMILES string of the molecule is COc1ccc(NC(N)=NCCc2nc(C(C)(C)C)cs2)cc1Cl. The second-order valence-electron chi connectivity index (χ2n) is 6.37. The zero-order chi connectivity index (χ0) is 17.7. The number of hydrogen-bond donors (Lipinski definition) is 2. The number of aliphatic imine (C=N–C) groups is 1. The Morgan fingerprint density at radius 2 is 2.17 bits per heavy atom. The van der Waals surface area contributed by atoms with Crippen molar-refractivity contribution in [3.05, 3.63) is 39.3 Å². The van der Waals surface area contributed by atoms with E-state index in [2.05, 4.69) is 41.4 Å². The number of ether oxygens (including phenoxy) is 1. The van der Waals surface area contributed by atoms with E-state index in [1.54, 1.807) is 30.6 Å². The Morgan fingerprint density at radius 3 is 2.75 bits per heavy atom. The number of benzene rings is 1. The van der Waals surface area contributed by atoms with Crippen LogP contribution in [-0.2, 0) is 11.8 Å². The number of guanidine groups is 1. The number of nitrogens with two attached hydrogens (primary N) is 1. The molecule has 0 spiro atoms. The molecule has 5 nitrogen and oxygen atoms in total. The first-order chi connectivity index (χ1) is 11.3. The van der Waals surface area contributed by atoms with Gasteiger partial charge in [-0.2, -0.15) is 0 Å². The molecule has 0 saturated heterocycles. The van der Waals surface area contributed by atoms with Crippen LogP contribution in [0.15, 0.2) is 28.6 Å². The van der Waals surface area contributed by atoms with Gasteiger partial charge in [0.15, 0.2) is 5.96 Å². The summed E-state index contributed by atoms with van der Waals surface area (Å²) in [6, 6.07) is 5.37. The van der Waals surface area contributed by atoms with E-state index in [-0.39, 0.29) is 5.41 Å². The Balaban J connectivity index is 1.90. The Hall–Kier alpha value is -1.79. The van der Waals surface area contributed by atoms with Crippen molar-refractivity contribution in [2.24, 2.45) is 10.7 Å². The molecular weight excluding hydrogens is 344 g/mol. The van der Waals surface area contributed by atoms with E-state index in [1.165, 1.54) is 0 Å². The second-order valence-corrected chi connectivity index (χ2v) is 7.72. The monoisotopic (exact) mass is 366 g/mol. The zero-order valence-electron chi connectivity index (χ0n) is 14.4. The zero-order valence-corrected chi connectivity index (χ0v) is 16.0. The van der Waals surface area contributed by atoms with Crippen LogP contribution in [-0.4, -0.2) is 24.6 Å². The molecular formula is C17H23ClN4OS. The molecule has 0 amide bonds. The third kappa shape index (κ3) is 5.11. The van der Waals surface area contributed by atoms with Gasteiger partial charge in [0.2, 0.25) is 0 Å². The standard InChI is InChI=1S/C17H23ClN4OS/c1-17(2,3)14-10-24-15(22-14)7-8-20-16(19)21-11-5-6-13(23-4)12(18)9-11/h5-6,9-10H,7-8H2,1-4H3,(H3,19,20,21). The van der Waals surface area contributed by atoms with E-state index in [0.717, 1.165) is 22.8 Å². The molecule has 0 radical (unpaired) electrons. The lowest BCUT2D eigenvalue weighted by atomic mass is 9.93. The third-order valence-electron chi connectivity index (χ3n) is 3.35. The van der Waals surface area contributed by atoms with Crippen molar-refractivity contribution in [1.29, 1.82) is 0 Å². The summed E-state index contributed by atoms with van der Waals surface area (Å²) in [5.74, 6) is 0.972. The largest absolute Gasteiger partial charge is 0.495 e. The molecule has 1 heterocycles. The predicted molar refractivity (Wildman–Crippen MR) is 103 cm³/mol. The first kappa shape index (κ1) is 18.5. The molecule has 130 valence electrons. The smallest absolute Gasteiger partial charge is 0.193 e. The van der Waals surface area contributed by atoms with Gasteiger partial charge in [0.05, 0.1) is 22.8 Å². The van der Waals surface area contributed by atoms with Gasteiger partial charge >= 0.3 is 0 Å². The quantitative estimate of drug-likeness (QED) is 0.618. The lowest BCUT2D eigenvalue weighted by Gasteiger charge is -2.14. The number of nitrogens with zero attached hydrogens (tertiary/aromatic N) is 2. The average molecular weight is 367 g/mol. The molecule has 0 aliphatic rings. The fraction of sp³-hybridized carbons (Fsp3) is 0.412. The van der Waals surface area contributed by atoms with E-state index in [9.17, 15) is 0 Å². The van der Waals surface area contributed by atoms with Crippen LogP contribution in [0.25, 0.3) is 0 Å². The number of thiazole rings is 1. The molecule has 2 rings (SSSR count). The number of rotatable bonds is 5. The van der Waals surface area contributed by atoms with Crippen molar-refractivity contribution >= 4 is 34.6 Å². The first-order valence-electron chi connectivity index (χ1n) is 7.65. The molecule has 0 unspecified atom stereocenters. The topological polar surface area (TPSA) is 72.5 Å². The van der Waals surface area contributed by atoms with Gasteiger partial charge in [-0.15, -0.1) is 11.3 Å². The highest BCUT2D eigenvalue weighted by Crippen LogP contribution is 2.27. The van der Waals surface area contributed by atoms with Gasteiger partial charge in [-0.25, -0.2) is 4.98 Å². The summed E-state index contributed by atoms with van der Waals surface area (Å²) < 4.78 is 5.12. The van der Waals surface area contributed by atoms with Crippen LogP contribution in [0.1, 0.15) is 31.5 Å². The van der Waals surface area contributed by atoms with Gasteiger partial charge in [-0.1, -0.05) is 32.4 Å². The van der Waals surface area contributed by atoms with Gasteiger partial charge in [0, 0.05) is 29.4 Å². The number of nitrogens with one attached hydrogen (secondary N) is 1. The summed E-state index contributed by atoms with van der Waals surface area (Å²) in [7, 11) is 1.58. The molecule has 24 heavy (non-hydrogen) atoms. The summed E-state index contributed by atoms with van der Waals surface area (Å²) in [4.78, 5) is 8.98.